The second kappa shape index (κ2) is 11.5. The first kappa shape index (κ1) is 30.4. The summed E-state index contributed by atoms with van der Waals surface area (Å²) in [6.45, 7) is 12.0. The van der Waals surface area contributed by atoms with Gasteiger partial charge >= 0.3 is 5.97 Å². The fourth-order valence-electron chi connectivity index (χ4n) is 7.03. The molecule has 4 heterocycles. The van der Waals surface area contributed by atoms with Crippen molar-refractivity contribution in [3.05, 3.63) is 59.3 Å². The van der Waals surface area contributed by atoms with Crippen LogP contribution in [0.4, 0.5) is 0 Å². The molecule has 41 heavy (non-hydrogen) atoms. The van der Waals surface area contributed by atoms with E-state index in [4.69, 9.17) is 18.9 Å². The maximum atomic E-state index is 13.9. The fraction of sp³-hybridized carbons (Fsp3) is 0.667. The van der Waals surface area contributed by atoms with E-state index in [1.807, 2.05) is 32.1 Å². The van der Waals surface area contributed by atoms with Gasteiger partial charge in [-0.25, -0.2) is 0 Å². The van der Waals surface area contributed by atoms with E-state index < -0.39 is 47.7 Å². The SMILES string of the molecule is CC1=C[C@H]2C(=O)O[C@H]3C[C@@H](C/C=C(\C)[C@@H](O)[C@@H](C)/C=C/C=C4\CO[C@H]([C@@H]1O)[C@@]42O)O[C@@]1(C=C[C@H](C)[C@@H](C(C)C)O1)C3. The zero-order chi connectivity index (χ0) is 29.7. The number of fused-ring (bicyclic) bond motifs is 2. The Hall–Kier alpha value is -2.07. The van der Waals surface area contributed by atoms with E-state index in [1.54, 1.807) is 25.2 Å². The average molecular weight is 571 g/mol. The van der Waals surface area contributed by atoms with Crippen molar-refractivity contribution < 1.29 is 39.1 Å². The molecule has 3 N–H and O–H groups in total. The number of carbonyl (C=O) groups excluding carboxylic acids is 1. The Morgan fingerprint density at radius 2 is 1.76 bits per heavy atom. The van der Waals surface area contributed by atoms with E-state index >= 15 is 0 Å². The molecule has 0 aromatic heterocycles. The second-order valence-electron chi connectivity index (χ2n) is 13.0. The Bertz CT molecular complexity index is 1170. The van der Waals surface area contributed by atoms with Crippen LogP contribution < -0.4 is 0 Å². The van der Waals surface area contributed by atoms with E-state index in [0.717, 1.165) is 5.57 Å². The third kappa shape index (κ3) is 5.67. The molecule has 4 aliphatic heterocycles. The number of aliphatic hydroxyl groups excluding tert-OH is 2. The summed E-state index contributed by atoms with van der Waals surface area (Å²) in [5, 5.41) is 33.9. The van der Waals surface area contributed by atoms with Crippen molar-refractivity contribution >= 4 is 5.97 Å². The minimum atomic E-state index is -1.77. The zero-order valence-corrected chi connectivity index (χ0v) is 25.0. The molecule has 0 radical (unpaired) electrons. The molecule has 0 unspecified atom stereocenters. The van der Waals surface area contributed by atoms with Crippen LogP contribution in [0.25, 0.3) is 0 Å². The average Bonchev–Trinajstić information content (AvgIpc) is 3.26. The van der Waals surface area contributed by atoms with Crippen LogP contribution in [0.2, 0.25) is 0 Å². The van der Waals surface area contributed by atoms with Gasteiger partial charge in [0.1, 0.15) is 29.8 Å². The van der Waals surface area contributed by atoms with E-state index in [0.29, 0.717) is 30.4 Å². The number of ether oxygens (including phenoxy) is 4. The van der Waals surface area contributed by atoms with E-state index in [-0.39, 0.29) is 36.6 Å². The first-order valence-electron chi connectivity index (χ1n) is 15.0. The number of aliphatic hydroxyl groups is 3. The van der Waals surface area contributed by atoms with Gasteiger partial charge in [-0.1, -0.05) is 64.2 Å². The summed E-state index contributed by atoms with van der Waals surface area (Å²) < 4.78 is 25.3. The molecule has 8 nitrogen and oxygen atoms in total. The normalized spacial score (nSPS) is 48.5. The van der Waals surface area contributed by atoms with Crippen molar-refractivity contribution in [2.45, 2.75) is 109 Å². The molecule has 2 bridgehead atoms. The van der Waals surface area contributed by atoms with Crippen molar-refractivity contribution in [1.29, 1.82) is 0 Å². The highest BCUT2D eigenvalue weighted by Crippen LogP contribution is 2.46. The van der Waals surface area contributed by atoms with Crippen LogP contribution in [0, 0.1) is 23.7 Å². The van der Waals surface area contributed by atoms with Gasteiger partial charge in [-0.15, -0.1) is 0 Å². The third-order valence-corrected chi connectivity index (χ3v) is 9.51. The highest BCUT2D eigenvalue weighted by atomic mass is 16.7. The molecule has 8 heteroatoms. The molecule has 5 rings (SSSR count). The minimum absolute atomic E-state index is 0.0603. The molecule has 0 aromatic rings. The monoisotopic (exact) mass is 570 g/mol. The van der Waals surface area contributed by atoms with Gasteiger partial charge in [-0.3, -0.25) is 4.79 Å². The summed E-state index contributed by atoms with van der Waals surface area (Å²) in [7, 11) is 0. The van der Waals surface area contributed by atoms with Gasteiger partial charge in [-0.05, 0) is 49.0 Å². The summed E-state index contributed by atoms with van der Waals surface area (Å²) in [6.07, 6.45) is 10.7. The summed E-state index contributed by atoms with van der Waals surface area (Å²) >= 11 is 0. The predicted octanol–water partition coefficient (Wildman–Crippen LogP) is 3.92. The highest BCUT2D eigenvalue weighted by Gasteiger charge is 2.60. The van der Waals surface area contributed by atoms with Gasteiger partial charge in [0.05, 0.1) is 24.9 Å². The second-order valence-corrected chi connectivity index (χ2v) is 13.0. The van der Waals surface area contributed by atoms with Crippen LogP contribution in [-0.2, 0) is 23.7 Å². The van der Waals surface area contributed by atoms with Gasteiger partial charge in [0.25, 0.3) is 0 Å². The standard InChI is InChI=1S/C33H46O8/c1-18(2)29-21(5)12-13-32(41-29)16-25-15-24(40-32)11-10-20(4)27(34)19(3)8-7-9-23-17-38-30-28(35)22(6)14-26(31(36)39-25)33(23,30)37/h7-10,12-14,18-19,21,24-30,34-35,37H,11,15-17H2,1-6H3/b8-7+,20-10+,23-9+/t19-,21-,24+,25-,26-,27-,28+,29+,30+,32+,33+/m0/s1. The van der Waals surface area contributed by atoms with Crippen LogP contribution in [-0.4, -0.2) is 75.9 Å². The summed E-state index contributed by atoms with van der Waals surface area (Å²) in [6, 6.07) is 0. The first-order chi connectivity index (χ1) is 19.3. The number of allylic oxidation sites excluding steroid dienone is 2. The maximum Gasteiger partial charge on any atom is 0.316 e. The maximum absolute atomic E-state index is 13.9. The zero-order valence-electron chi connectivity index (χ0n) is 25.0. The number of esters is 1. The van der Waals surface area contributed by atoms with Gasteiger partial charge in [0, 0.05) is 24.7 Å². The van der Waals surface area contributed by atoms with Gasteiger partial charge < -0.3 is 34.3 Å². The lowest BCUT2D eigenvalue weighted by atomic mass is 9.71. The summed E-state index contributed by atoms with van der Waals surface area (Å²) in [4.78, 5) is 13.9. The number of rotatable bonds is 1. The lowest BCUT2D eigenvalue weighted by molar-refractivity contribution is -0.299. The van der Waals surface area contributed by atoms with Crippen molar-refractivity contribution in [3.63, 3.8) is 0 Å². The van der Waals surface area contributed by atoms with Gasteiger partial charge in [0.15, 0.2) is 5.79 Å². The highest BCUT2D eigenvalue weighted by molar-refractivity contribution is 5.78. The summed E-state index contributed by atoms with van der Waals surface area (Å²) in [5.74, 6) is -2.40. The minimum Gasteiger partial charge on any atom is -0.462 e. The Balaban J connectivity index is 1.55. The molecule has 1 aliphatic carbocycles. The summed E-state index contributed by atoms with van der Waals surface area (Å²) in [5.41, 5.74) is 0.0972. The molecule has 11 atom stereocenters. The molecule has 2 saturated heterocycles. The fourth-order valence-corrected chi connectivity index (χ4v) is 7.03. The van der Waals surface area contributed by atoms with E-state index in [1.165, 1.54) is 0 Å². The number of carbonyl (C=O) groups is 1. The Morgan fingerprint density at radius 3 is 2.49 bits per heavy atom. The van der Waals surface area contributed by atoms with Crippen molar-refractivity contribution in [3.8, 4) is 0 Å². The molecule has 226 valence electrons. The largest absolute Gasteiger partial charge is 0.462 e. The smallest absolute Gasteiger partial charge is 0.316 e. The molecule has 0 aromatic carbocycles. The van der Waals surface area contributed by atoms with Crippen molar-refractivity contribution in [2.24, 2.45) is 23.7 Å². The topological polar surface area (TPSA) is 115 Å². The molecular weight excluding hydrogens is 524 g/mol. The van der Waals surface area contributed by atoms with Crippen LogP contribution in [0.3, 0.4) is 0 Å². The molecule has 2 fully saturated rings. The molecule has 5 aliphatic rings. The molecule has 0 amide bonds. The van der Waals surface area contributed by atoms with E-state index in [9.17, 15) is 20.1 Å². The van der Waals surface area contributed by atoms with Crippen LogP contribution in [0.15, 0.2) is 59.3 Å². The number of hydrogen-bond donors (Lipinski definition) is 3. The van der Waals surface area contributed by atoms with E-state index in [2.05, 4.69) is 26.8 Å². The van der Waals surface area contributed by atoms with Crippen LogP contribution in [0.5, 0.6) is 0 Å². The molecular formula is C33H46O8. The lowest BCUT2D eigenvalue weighted by Crippen LogP contribution is -2.58. The van der Waals surface area contributed by atoms with Crippen molar-refractivity contribution in [2.75, 3.05) is 6.61 Å². The Morgan fingerprint density at radius 1 is 1.00 bits per heavy atom. The van der Waals surface area contributed by atoms with Gasteiger partial charge in [0.2, 0.25) is 0 Å². The van der Waals surface area contributed by atoms with Crippen molar-refractivity contribution in [1.82, 2.24) is 0 Å². The Labute approximate surface area is 243 Å². The predicted molar refractivity (Wildman–Crippen MR) is 153 cm³/mol. The third-order valence-electron chi connectivity index (χ3n) is 9.51. The van der Waals surface area contributed by atoms with Crippen LogP contribution >= 0.6 is 0 Å². The lowest BCUT2D eigenvalue weighted by Gasteiger charge is -2.48. The molecule has 1 spiro atoms. The van der Waals surface area contributed by atoms with Crippen LogP contribution in [0.1, 0.15) is 60.8 Å². The number of hydrogen-bond acceptors (Lipinski definition) is 8. The molecule has 0 saturated carbocycles. The van der Waals surface area contributed by atoms with Gasteiger partial charge in [-0.2, -0.15) is 0 Å². The first-order valence-corrected chi connectivity index (χ1v) is 15.0. The quantitative estimate of drug-likeness (QED) is 0.321. The Kier molecular flexibility index (Phi) is 8.56.